The summed E-state index contributed by atoms with van der Waals surface area (Å²) in [5, 5.41) is 29.5. The molecule has 2 rings (SSSR count). The van der Waals surface area contributed by atoms with Crippen LogP contribution in [-0.4, -0.2) is 58.2 Å². The first kappa shape index (κ1) is 17.2. The van der Waals surface area contributed by atoms with Crippen LogP contribution in [-0.2, 0) is 0 Å². The van der Waals surface area contributed by atoms with Crippen molar-refractivity contribution in [1.29, 1.82) is 0 Å². The third kappa shape index (κ3) is 3.13. The van der Waals surface area contributed by atoms with Gasteiger partial charge in [0.05, 0.1) is 19.3 Å². The molecule has 1 aliphatic heterocycles. The molecule has 0 spiro atoms. The second-order valence-corrected chi connectivity index (χ2v) is 6.55. The van der Waals surface area contributed by atoms with E-state index in [1.165, 1.54) is 0 Å². The average molecular weight is 309 g/mol. The van der Waals surface area contributed by atoms with Gasteiger partial charge >= 0.3 is 0 Å². The van der Waals surface area contributed by atoms with Crippen LogP contribution in [0, 0.1) is 13.8 Å². The minimum Gasteiger partial charge on any atom is -0.486 e. The van der Waals surface area contributed by atoms with Gasteiger partial charge in [-0.15, -0.1) is 0 Å². The SMILES string of the molecule is Cc1cc2c(cc1C)C(O)C(N(CCO)CCO)C(C)(C)O2. The van der Waals surface area contributed by atoms with Crippen LogP contribution in [0.15, 0.2) is 12.1 Å². The van der Waals surface area contributed by atoms with Crippen molar-refractivity contribution in [2.75, 3.05) is 26.3 Å². The summed E-state index contributed by atoms with van der Waals surface area (Å²) in [7, 11) is 0. The van der Waals surface area contributed by atoms with E-state index in [2.05, 4.69) is 0 Å². The van der Waals surface area contributed by atoms with E-state index in [0.717, 1.165) is 16.7 Å². The molecular formula is C17H27NO4. The number of benzene rings is 1. The molecule has 0 saturated carbocycles. The zero-order valence-corrected chi connectivity index (χ0v) is 13.8. The van der Waals surface area contributed by atoms with E-state index in [1.54, 1.807) is 0 Å². The number of hydrogen-bond acceptors (Lipinski definition) is 5. The number of hydrogen-bond donors (Lipinski definition) is 3. The molecule has 0 aliphatic carbocycles. The topological polar surface area (TPSA) is 73.2 Å². The molecule has 5 nitrogen and oxygen atoms in total. The molecule has 124 valence electrons. The molecule has 5 heteroatoms. The zero-order chi connectivity index (χ0) is 16.5. The molecule has 0 bridgehead atoms. The van der Waals surface area contributed by atoms with E-state index in [4.69, 9.17) is 4.74 Å². The van der Waals surface area contributed by atoms with Gasteiger partial charge in [-0.3, -0.25) is 4.90 Å². The monoisotopic (exact) mass is 309 g/mol. The van der Waals surface area contributed by atoms with Crippen molar-refractivity contribution in [2.45, 2.75) is 45.4 Å². The van der Waals surface area contributed by atoms with E-state index >= 15 is 0 Å². The zero-order valence-electron chi connectivity index (χ0n) is 13.8. The van der Waals surface area contributed by atoms with Crippen molar-refractivity contribution in [3.63, 3.8) is 0 Å². The molecule has 1 aliphatic rings. The number of aliphatic hydroxyl groups excluding tert-OH is 3. The van der Waals surface area contributed by atoms with Gasteiger partial charge in [0.2, 0.25) is 0 Å². The lowest BCUT2D eigenvalue weighted by atomic mass is 9.83. The van der Waals surface area contributed by atoms with E-state index in [1.807, 2.05) is 44.7 Å². The Bertz CT molecular complexity index is 524. The maximum atomic E-state index is 10.9. The Balaban J connectivity index is 2.44. The van der Waals surface area contributed by atoms with Gasteiger partial charge in [0.15, 0.2) is 0 Å². The lowest BCUT2D eigenvalue weighted by Gasteiger charge is -2.48. The minimum absolute atomic E-state index is 0.0287. The number of fused-ring (bicyclic) bond motifs is 1. The average Bonchev–Trinajstić information content (AvgIpc) is 2.41. The van der Waals surface area contributed by atoms with Crippen LogP contribution in [0.1, 0.15) is 36.6 Å². The van der Waals surface area contributed by atoms with Crippen LogP contribution in [0.25, 0.3) is 0 Å². The fraction of sp³-hybridized carbons (Fsp3) is 0.647. The highest BCUT2D eigenvalue weighted by molar-refractivity contribution is 5.45. The smallest absolute Gasteiger partial charge is 0.126 e. The first-order chi connectivity index (χ1) is 10.3. The van der Waals surface area contributed by atoms with E-state index in [-0.39, 0.29) is 19.3 Å². The number of nitrogens with zero attached hydrogens (tertiary/aromatic N) is 1. The normalized spacial score (nSPS) is 23.3. The van der Waals surface area contributed by atoms with Crippen molar-refractivity contribution in [1.82, 2.24) is 4.90 Å². The van der Waals surface area contributed by atoms with Crippen molar-refractivity contribution >= 4 is 0 Å². The third-order valence-corrected chi connectivity index (χ3v) is 4.50. The van der Waals surface area contributed by atoms with Gasteiger partial charge in [-0.25, -0.2) is 0 Å². The van der Waals surface area contributed by atoms with Crippen LogP contribution >= 0.6 is 0 Å². The van der Waals surface area contributed by atoms with Gasteiger partial charge < -0.3 is 20.1 Å². The first-order valence-corrected chi connectivity index (χ1v) is 7.75. The number of aliphatic hydroxyl groups is 3. The van der Waals surface area contributed by atoms with E-state index < -0.39 is 11.7 Å². The lowest BCUT2D eigenvalue weighted by Crippen LogP contribution is -2.59. The highest BCUT2D eigenvalue weighted by Gasteiger charge is 2.46. The molecule has 0 aromatic heterocycles. The van der Waals surface area contributed by atoms with Gasteiger partial charge in [-0.2, -0.15) is 0 Å². The summed E-state index contributed by atoms with van der Waals surface area (Å²) in [5.74, 6) is 0.713. The summed E-state index contributed by atoms with van der Waals surface area (Å²) >= 11 is 0. The molecule has 2 atom stereocenters. The lowest BCUT2D eigenvalue weighted by molar-refractivity contribution is -0.0884. The molecular weight excluding hydrogens is 282 g/mol. The van der Waals surface area contributed by atoms with Crippen LogP contribution < -0.4 is 4.74 Å². The summed E-state index contributed by atoms with van der Waals surface area (Å²) < 4.78 is 6.15. The second kappa shape index (κ2) is 6.54. The van der Waals surface area contributed by atoms with Gasteiger partial charge in [-0.1, -0.05) is 0 Å². The maximum absolute atomic E-state index is 10.9. The minimum atomic E-state index is -0.726. The van der Waals surface area contributed by atoms with Gasteiger partial charge in [0, 0.05) is 18.7 Å². The van der Waals surface area contributed by atoms with E-state index in [9.17, 15) is 15.3 Å². The summed E-state index contributed by atoms with van der Waals surface area (Å²) in [5.41, 5.74) is 2.38. The predicted molar refractivity (Wildman–Crippen MR) is 85.1 cm³/mol. The summed E-state index contributed by atoms with van der Waals surface area (Å²) in [6, 6.07) is 3.60. The van der Waals surface area contributed by atoms with Crippen LogP contribution in [0.2, 0.25) is 0 Å². The molecule has 1 heterocycles. The van der Waals surface area contributed by atoms with Crippen LogP contribution in [0.3, 0.4) is 0 Å². The Morgan fingerprint density at radius 3 is 2.18 bits per heavy atom. The quantitative estimate of drug-likeness (QED) is 0.761. The Labute approximate surface area is 132 Å². The number of ether oxygens (including phenoxy) is 1. The van der Waals surface area contributed by atoms with Crippen molar-refractivity contribution in [3.05, 3.63) is 28.8 Å². The maximum Gasteiger partial charge on any atom is 0.126 e. The Hall–Kier alpha value is -1.14. The molecule has 0 radical (unpaired) electrons. The Kier molecular flexibility index (Phi) is 5.12. The van der Waals surface area contributed by atoms with Gasteiger partial charge in [-0.05, 0) is 51.0 Å². The van der Waals surface area contributed by atoms with E-state index in [0.29, 0.717) is 18.8 Å². The van der Waals surface area contributed by atoms with Crippen molar-refractivity contribution in [3.8, 4) is 5.75 Å². The highest BCUT2D eigenvalue weighted by atomic mass is 16.5. The summed E-state index contributed by atoms with van der Waals surface area (Å²) in [6.07, 6.45) is -0.726. The molecule has 1 aromatic carbocycles. The third-order valence-electron chi connectivity index (χ3n) is 4.50. The molecule has 0 fully saturated rings. The summed E-state index contributed by atoms with van der Waals surface area (Å²) in [6.45, 7) is 8.61. The van der Waals surface area contributed by atoms with Crippen molar-refractivity contribution in [2.24, 2.45) is 0 Å². The molecule has 0 saturated heterocycles. The van der Waals surface area contributed by atoms with Crippen LogP contribution in [0.5, 0.6) is 5.75 Å². The Morgan fingerprint density at radius 2 is 1.64 bits per heavy atom. The molecule has 3 N–H and O–H groups in total. The largest absolute Gasteiger partial charge is 0.486 e. The molecule has 22 heavy (non-hydrogen) atoms. The fourth-order valence-electron chi connectivity index (χ4n) is 3.31. The molecule has 0 amide bonds. The number of aryl methyl sites for hydroxylation is 2. The highest BCUT2D eigenvalue weighted by Crippen LogP contribution is 2.43. The fourth-order valence-corrected chi connectivity index (χ4v) is 3.31. The van der Waals surface area contributed by atoms with Gasteiger partial charge in [0.25, 0.3) is 0 Å². The summed E-state index contributed by atoms with van der Waals surface area (Å²) in [4.78, 5) is 1.89. The van der Waals surface area contributed by atoms with Crippen molar-refractivity contribution < 1.29 is 20.1 Å². The molecule has 2 unspecified atom stereocenters. The second-order valence-electron chi connectivity index (χ2n) is 6.55. The first-order valence-electron chi connectivity index (χ1n) is 7.75. The predicted octanol–water partition coefficient (Wildman–Crippen LogP) is 1.16. The van der Waals surface area contributed by atoms with Crippen LogP contribution in [0.4, 0.5) is 0 Å². The van der Waals surface area contributed by atoms with Gasteiger partial charge in [0.1, 0.15) is 17.5 Å². The molecule has 1 aromatic rings. The standard InChI is InChI=1S/C17H27NO4/c1-11-9-13-14(10-12(11)2)22-17(3,4)16(15(13)21)18(5-7-19)6-8-20/h9-10,15-16,19-21H,5-8H2,1-4H3. The Morgan fingerprint density at radius 1 is 1.09 bits per heavy atom. The number of rotatable bonds is 5.